The van der Waals surface area contributed by atoms with Crippen LogP contribution < -0.4 is 19.3 Å². The Morgan fingerprint density at radius 2 is 1.42 bits per heavy atom. The quantitative estimate of drug-likeness (QED) is 0.525. The summed E-state index contributed by atoms with van der Waals surface area (Å²) in [6, 6.07) is 19.9. The van der Waals surface area contributed by atoms with Gasteiger partial charge in [-0.25, -0.2) is 0 Å². The molecule has 2 aliphatic rings. The summed E-state index contributed by atoms with van der Waals surface area (Å²) in [5.41, 5.74) is 2.81. The third kappa shape index (κ3) is 4.94. The molecule has 0 aliphatic carbocycles. The van der Waals surface area contributed by atoms with Crippen molar-refractivity contribution in [2.45, 2.75) is 12.8 Å². The molecule has 5 rings (SSSR count). The number of piperidine rings is 1. The van der Waals surface area contributed by atoms with E-state index in [-0.39, 0.29) is 11.8 Å². The summed E-state index contributed by atoms with van der Waals surface area (Å²) < 4.78 is 11.0. The first kappa shape index (κ1) is 23.9. The minimum absolute atomic E-state index is 0.0693. The standard InChI is InChI=1S/C28H33N5O3/c1-35-25-9-5-3-7-22(25)23-11-12-27(30-29-23)32-15-13-21(14-16-32)28(34)33-19-17-31(18-20-33)24-8-4-6-10-26(24)36-2/h3-12,21H,13-20H2,1-2H3. The van der Waals surface area contributed by atoms with Gasteiger partial charge in [0.2, 0.25) is 5.91 Å². The highest BCUT2D eigenvalue weighted by atomic mass is 16.5. The molecule has 1 aromatic heterocycles. The van der Waals surface area contributed by atoms with Gasteiger partial charge in [0.05, 0.1) is 25.6 Å². The maximum Gasteiger partial charge on any atom is 0.225 e. The smallest absolute Gasteiger partial charge is 0.225 e. The van der Waals surface area contributed by atoms with Gasteiger partial charge >= 0.3 is 0 Å². The van der Waals surface area contributed by atoms with Crippen LogP contribution in [0, 0.1) is 5.92 Å². The number of ether oxygens (including phenoxy) is 2. The number of benzene rings is 2. The van der Waals surface area contributed by atoms with Crippen molar-refractivity contribution in [3.63, 3.8) is 0 Å². The number of anilines is 2. The molecule has 0 atom stereocenters. The van der Waals surface area contributed by atoms with Crippen molar-refractivity contribution < 1.29 is 14.3 Å². The lowest BCUT2D eigenvalue weighted by atomic mass is 9.95. The van der Waals surface area contributed by atoms with E-state index in [1.807, 2.05) is 59.5 Å². The van der Waals surface area contributed by atoms with Crippen LogP contribution >= 0.6 is 0 Å². The highest BCUT2D eigenvalue weighted by molar-refractivity contribution is 5.79. The number of piperazine rings is 1. The summed E-state index contributed by atoms with van der Waals surface area (Å²) in [6.45, 7) is 4.73. The van der Waals surface area contributed by atoms with Crippen LogP contribution in [0.1, 0.15) is 12.8 Å². The molecular weight excluding hydrogens is 454 g/mol. The topological polar surface area (TPSA) is 71.0 Å². The number of carbonyl (C=O) groups is 1. The number of rotatable bonds is 6. The molecule has 0 radical (unpaired) electrons. The largest absolute Gasteiger partial charge is 0.496 e. The Hall–Kier alpha value is -3.81. The first-order valence-electron chi connectivity index (χ1n) is 12.6. The fraction of sp³-hybridized carbons (Fsp3) is 0.393. The van der Waals surface area contributed by atoms with Gasteiger partial charge in [-0.1, -0.05) is 24.3 Å². The van der Waals surface area contributed by atoms with Gasteiger partial charge in [-0.05, 0) is 49.2 Å². The lowest BCUT2D eigenvalue weighted by molar-refractivity contribution is -0.136. The van der Waals surface area contributed by atoms with Gasteiger partial charge in [0, 0.05) is 50.7 Å². The molecule has 2 aromatic carbocycles. The van der Waals surface area contributed by atoms with Gasteiger partial charge in [0.15, 0.2) is 5.82 Å². The Morgan fingerprint density at radius 1 is 0.750 bits per heavy atom. The molecule has 0 bridgehead atoms. The van der Waals surface area contributed by atoms with Crippen molar-refractivity contribution in [2.24, 2.45) is 5.92 Å². The van der Waals surface area contributed by atoms with Crippen LogP contribution in [0.5, 0.6) is 11.5 Å². The predicted molar refractivity (Wildman–Crippen MR) is 141 cm³/mol. The van der Waals surface area contributed by atoms with E-state index in [2.05, 4.69) is 26.1 Å². The Kier molecular flexibility index (Phi) is 7.21. The second-order valence-corrected chi connectivity index (χ2v) is 9.22. The summed E-state index contributed by atoms with van der Waals surface area (Å²) >= 11 is 0. The van der Waals surface area contributed by atoms with Crippen molar-refractivity contribution in [1.82, 2.24) is 15.1 Å². The second kappa shape index (κ2) is 10.8. The molecule has 3 heterocycles. The maximum atomic E-state index is 13.2. The Labute approximate surface area is 212 Å². The average molecular weight is 488 g/mol. The molecule has 8 nitrogen and oxygen atoms in total. The number of hydrogen-bond donors (Lipinski definition) is 0. The molecule has 1 amide bonds. The van der Waals surface area contributed by atoms with Crippen molar-refractivity contribution in [2.75, 3.05) is 63.3 Å². The zero-order valence-corrected chi connectivity index (χ0v) is 21.0. The van der Waals surface area contributed by atoms with Gasteiger partial charge < -0.3 is 24.2 Å². The van der Waals surface area contributed by atoms with Crippen LogP contribution in [0.3, 0.4) is 0 Å². The number of hydrogen-bond acceptors (Lipinski definition) is 7. The van der Waals surface area contributed by atoms with E-state index in [0.29, 0.717) is 0 Å². The molecular formula is C28H33N5O3. The molecule has 0 unspecified atom stereocenters. The minimum Gasteiger partial charge on any atom is -0.496 e. The van der Waals surface area contributed by atoms with Crippen LogP contribution in [0.15, 0.2) is 60.7 Å². The Bertz CT molecular complexity index is 1170. The monoisotopic (exact) mass is 487 g/mol. The van der Waals surface area contributed by atoms with Gasteiger partial charge in [0.1, 0.15) is 11.5 Å². The molecule has 3 aromatic rings. The van der Waals surface area contributed by atoms with Gasteiger partial charge in [-0.15, -0.1) is 10.2 Å². The van der Waals surface area contributed by atoms with E-state index in [0.717, 1.165) is 86.4 Å². The maximum absolute atomic E-state index is 13.2. The molecule has 2 fully saturated rings. The van der Waals surface area contributed by atoms with Gasteiger partial charge in [-0.3, -0.25) is 4.79 Å². The molecule has 2 aliphatic heterocycles. The number of carbonyl (C=O) groups excluding carboxylic acids is 1. The summed E-state index contributed by atoms with van der Waals surface area (Å²) in [5.74, 6) is 2.86. The van der Waals surface area contributed by atoms with E-state index < -0.39 is 0 Å². The molecule has 2 saturated heterocycles. The highest BCUT2D eigenvalue weighted by Crippen LogP contribution is 2.31. The Morgan fingerprint density at radius 3 is 2.08 bits per heavy atom. The third-order valence-electron chi connectivity index (χ3n) is 7.22. The molecule has 0 N–H and O–H groups in total. The fourth-order valence-electron chi connectivity index (χ4n) is 5.17. The third-order valence-corrected chi connectivity index (χ3v) is 7.22. The molecule has 36 heavy (non-hydrogen) atoms. The lowest BCUT2D eigenvalue weighted by Crippen LogP contribution is -2.51. The van der Waals surface area contributed by atoms with Crippen LogP contribution in [0.2, 0.25) is 0 Å². The summed E-state index contributed by atoms with van der Waals surface area (Å²) in [6.07, 6.45) is 1.67. The van der Waals surface area contributed by atoms with Crippen LogP contribution in [-0.2, 0) is 4.79 Å². The highest BCUT2D eigenvalue weighted by Gasteiger charge is 2.31. The van der Waals surface area contributed by atoms with E-state index in [1.165, 1.54) is 0 Å². The molecule has 0 saturated carbocycles. The first-order chi connectivity index (χ1) is 17.7. The van der Waals surface area contributed by atoms with Crippen LogP contribution in [-0.4, -0.2) is 74.5 Å². The SMILES string of the molecule is COc1ccccc1-c1ccc(N2CCC(C(=O)N3CCN(c4ccccc4OC)CC3)CC2)nn1. The normalized spacial score (nSPS) is 16.7. The molecule has 8 heteroatoms. The molecule has 188 valence electrons. The van der Waals surface area contributed by atoms with Crippen molar-refractivity contribution in [1.29, 1.82) is 0 Å². The summed E-state index contributed by atoms with van der Waals surface area (Å²) in [7, 11) is 3.36. The van der Waals surface area contributed by atoms with E-state index >= 15 is 0 Å². The van der Waals surface area contributed by atoms with Gasteiger partial charge in [0.25, 0.3) is 0 Å². The summed E-state index contributed by atoms with van der Waals surface area (Å²) in [5, 5.41) is 8.92. The average Bonchev–Trinajstić information content (AvgIpc) is 2.97. The molecule has 0 spiro atoms. The zero-order chi connectivity index (χ0) is 24.9. The lowest BCUT2D eigenvalue weighted by Gasteiger charge is -2.39. The Balaban J connectivity index is 1.14. The van der Waals surface area contributed by atoms with E-state index in [9.17, 15) is 4.79 Å². The van der Waals surface area contributed by atoms with E-state index in [1.54, 1.807) is 14.2 Å². The predicted octanol–water partition coefficient (Wildman–Crippen LogP) is 3.73. The number of amides is 1. The van der Waals surface area contributed by atoms with Gasteiger partial charge in [-0.2, -0.15) is 0 Å². The van der Waals surface area contributed by atoms with Crippen LogP contribution in [0.25, 0.3) is 11.3 Å². The van der Waals surface area contributed by atoms with Crippen molar-refractivity contribution >= 4 is 17.4 Å². The minimum atomic E-state index is 0.0693. The fourth-order valence-corrected chi connectivity index (χ4v) is 5.17. The summed E-state index contributed by atoms with van der Waals surface area (Å²) in [4.78, 5) is 19.8. The zero-order valence-electron chi connectivity index (χ0n) is 21.0. The second-order valence-electron chi connectivity index (χ2n) is 9.22. The first-order valence-corrected chi connectivity index (χ1v) is 12.6. The number of aromatic nitrogens is 2. The number of methoxy groups -OCH3 is 2. The van der Waals surface area contributed by atoms with Crippen molar-refractivity contribution in [3.05, 3.63) is 60.7 Å². The number of nitrogens with zero attached hydrogens (tertiary/aromatic N) is 5. The van der Waals surface area contributed by atoms with Crippen molar-refractivity contribution in [3.8, 4) is 22.8 Å². The van der Waals surface area contributed by atoms with Crippen LogP contribution in [0.4, 0.5) is 11.5 Å². The van der Waals surface area contributed by atoms with E-state index in [4.69, 9.17) is 9.47 Å². The number of para-hydroxylation sites is 3.